The number of amides is 1. The Labute approximate surface area is 249 Å². The van der Waals surface area contributed by atoms with Crippen LogP contribution in [0.25, 0.3) is 11.1 Å². The van der Waals surface area contributed by atoms with E-state index in [0.29, 0.717) is 28.2 Å². The predicted octanol–water partition coefficient (Wildman–Crippen LogP) is 8.35. The Morgan fingerprint density at radius 2 is 1.72 bits per heavy atom. The number of benzene rings is 2. The molecule has 0 fully saturated rings. The second-order valence-electron chi connectivity index (χ2n) is 9.38. The van der Waals surface area contributed by atoms with E-state index < -0.39 is 35.6 Å². The monoisotopic (exact) mass is 674 g/mol. The Hall–Kier alpha value is -3.94. The molecule has 14 heteroatoms. The average Bonchev–Trinajstić information content (AvgIpc) is 3.41. The van der Waals surface area contributed by atoms with Crippen LogP contribution in [0.4, 0.5) is 36.4 Å². The summed E-state index contributed by atoms with van der Waals surface area (Å²) in [5.41, 5.74) is -0.662. The molecule has 0 radical (unpaired) electrons. The van der Waals surface area contributed by atoms with E-state index in [2.05, 4.69) is 20.9 Å². The summed E-state index contributed by atoms with van der Waals surface area (Å²) in [6.07, 6.45) is -8.47. The van der Waals surface area contributed by atoms with Crippen LogP contribution in [0.3, 0.4) is 0 Å². The molecule has 0 spiro atoms. The number of anilines is 1. The molecule has 1 aromatic heterocycles. The molecule has 6 nitrogen and oxygen atoms in total. The Morgan fingerprint density at radius 1 is 1.00 bits per heavy atom. The third kappa shape index (κ3) is 7.72. The molecule has 43 heavy (non-hydrogen) atoms. The maximum atomic E-state index is 14.4. The third-order valence-electron chi connectivity index (χ3n) is 6.41. The highest BCUT2D eigenvalue weighted by Gasteiger charge is 2.39. The smallest absolute Gasteiger partial charge is 0.471 e. The minimum atomic E-state index is -5.22. The summed E-state index contributed by atoms with van der Waals surface area (Å²) in [6.45, 7) is 1.11. The normalized spacial score (nSPS) is 13.7. The van der Waals surface area contributed by atoms with Gasteiger partial charge in [0.1, 0.15) is 12.4 Å². The zero-order valence-electron chi connectivity index (χ0n) is 22.3. The zero-order chi connectivity index (χ0) is 31.5. The molecule has 0 atom stereocenters. The third-order valence-corrected chi connectivity index (χ3v) is 6.90. The van der Waals surface area contributed by atoms with E-state index in [0.717, 1.165) is 12.1 Å². The van der Waals surface area contributed by atoms with Crippen molar-refractivity contribution in [1.82, 2.24) is 4.98 Å². The Morgan fingerprint density at radius 3 is 2.37 bits per heavy atom. The van der Waals surface area contributed by atoms with E-state index in [4.69, 9.17) is 9.47 Å². The van der Waals surface area contributed by atoms with E-state index in [9.17, 15) is 40.3 Å². The number of hydrogen-bond acceptors (Lipinski definition) is 5. The van der Waals surface area contributed by atoms with Gasteiger partial charge in [0.05, 0.1) is 17.7 Å². The molecule has 0 saturated heterocycles. The lowest BCUT2D eigenvalue weighted by molar-refractivity contribution is -0.167. The number of hydrogen-bond donors (Lipinski definition) is 1. The van der Waals surface area contributed by atoms with E-state index in [1.165, 1.54) is 31.2 Å². The minimum absolute atomic E-state index is 0.0448. The van der Waals surface area contributed by atoms with Crippen LogP contribution in [0.1, 0.15) is 58.8 Å². The van der Waals surface area contributed by atoms with Crippen LogP contribution in [0.15, 0.2) is 53.1 Å². The lowest BCUT2D eigenvalue weighted by Gasteiger charge is -2.17. The van der Waals surface area contributed by atoms with Crippen molar-refractivity contribution in [2.45, 2.75) is 45.1 Å². The SMILES string of the molecule is CCOC(=O)c1cc(NC(=O)C(F)(F)F)cc(C2=C(c3cc(C(F)(F)F)cnc3OCc3ccc(Br)cc3F)CCC2)c1. The number of pyridine rings is 1. The first-order valence-corrected chi connectivity index (χ1v) is 13.5. The number of ether oxygens (including phenoxy) is 2. The number of carbonyl (C=O) groups excluding carboxylic acids is 2. The van der Waals surface area contributed by atoms with Gasteiger partial charge in [-0.2, -0.15) is 26.3 Å². The summed E-state index contributed by atoms with van der Waals surface area (Å²) in [5.74, 6) is -4.00. The fourth-order valence-corrected chi connectivity index (χ4v) is 4.82. The Bertz CT molecular complexity index is 1590. The second kappa shape index (κ2) is 12.7. The summed E-state index contributed by atoms with van der Waals surface area (Å²) < 4.78 is 106. The number of rotatable bonds is 8. The molecule has 1 amide bonds. The van der Waals surface area contributed by atoms with Gasteiger partial charge in [-0.15, -0.1) is 0 Å². The molecule has 1 aliphatic rings. The predicted molar refractivity (Wildman–Crippen MR) is 145 cm³/mol. The molecule has 228 valence electrons. The molecule has 3 aromatic rings. The topological polar surface area (TPSA) is 77.5 Å². The van der Waals surface area contributed by atoms with Crippen molar-refractivity contribution in [2.24, 2.45) is 0 Å². The summed E-state index contributed by atoms with van der Waals surface area (Å²) in [7, 11) is 0. The van der Waals surface area contributed by atoms with Gasteiger partial charge in [-0.25, -0.2) is 14.2 Å². The van der Waals surface area contributed by atoms with Crippen molar-refractivity contribution in [1.29, 1.82) is 0 Å². The highest BCUT2D eigenvalue weighted by Crippen LogP contribution is 2.44. The molecule has 2 aromatic carbocycles. The molecule has 1 heterocycles. The number of allylic oxidation sites excluding steroid dienone is 2. The van der Waals surface area contributed by atoms with Gasteiger partial charge in [0, 0.05) is 27.5 Å². The van der Waals surface area contributed by atoms with Crippen LogP contribution in [-0.4, -0.2) is 29.6 Å². The lowest BCUT2D eigenvalue weighted by Crippen LogP contribution is -2.30. The summed E-state index contributed by atoms with van der Waals surface area (Å²) in [4.78, 5) is 28.0. The van der Waals surface area contributed by atoms with Crippen LogP contribution < -0.4 is 10.1 Å². The van der Waals surface area contributed by atoms with Crippen molar-refractivity contribution >= 4 is 44.6 Å². The fraction of sp³-hybridized carbons (Fsp3) is 0.276. The van der Waals surface area contributed by atoms with Crippen LogP contribution in [0, 0.1) is 5.82 Å². The number of nitrogens with one attached hydrogen (secondary N) is 1. The molecular formula is C29H22BrF7N2O4. The van der Waals surface area contributed by atoms with Crippen LogP contribution in [-0.2, 0) is 22.3 Å². The molecular weight excluding hydrogens is 653 g/mol. The fourth-order valence-electron chi connectivity index (χ4n) is 4.49. The Balaban J connectivity index is 1.83. The lowest BCUT2D eigenvalue weighted by atomic mass is 9.95. The van der Waals surface area contributed by atoms with E-state index in [-0.39, 0.29) is 59.9 Å². The van der Waals surface area contributed by atoms with Gasteiger partial charge in [0.25, 0.3) is 0 Å². The molecule has 1 N–H and O–H groups in total. The number of esters is 1. The highest BCUT2D eigenvalue weighted by atomic mass is 79.9. The first-order chi connectivity index (χ1) is 20.2. The number of nitrogens with zero attached hydrogens (tertiary/aromatic N) is 1. The van der Waals surface area contributed by atoms with E-state index in [1.807, 2.05) is 0 Å². The van der Waals surface area contributed by atoms with Crippen molar-refractivity contribution < 1.29 is 49.8 Å². The van der Waals surface area contributed by atoms with Crippen LogP contribution in [0.2, 0.25) is 0 Å². The number of alkyl halides is 6. The van der Waals surface area contributed by atoms with E-state index in [1.54, 1.807) is 11.4 Å². The van der Waals surface area contributed by atoms with Gasteiger partial charge in [0.2, 0.25) is 5.88 Å². The van der Waals surface area contributed by atoms with Crippen molar-refractivity contribution in [3.8, 4) is 5.88 Å². The first-order valence-electron chi connectivity index (χ1n) is 12.7. The van der Waals surface area contributed by atoms with Gasteiger partial charge in [-0.3, -0.25) is 4.79 Å². The van der Waals surface area contributed by atoms with Gasteiger partial charge >= 0.3 is 24.2 Å². The number of aromatic nitrogens is 1. The second-order valence-corrected chi connectivity index (χ2v) is 10.3. The van der Waals surface area contributed by atoms with Gasteiger partial charge in [0.15, 0.2) is 0 Å². The van der Waals surface area contributed by atoms with E-state index >= 15 is 0 Å². The van der Waals surface area contributed by atoms with Gasteiger partial charge in [-0.1, -0.05) is 22.0 Å². The molecule has 0 saturated carbocycles. The number of halogens is 8. The van der Waals surface area contributed by atoms with Crippen molar-refractivity contribution in [3.63, 3.8) is 0 Å². The van der Waals surface area contributed by atoms with Crippen LogP contribution in [0.5, 0.6) is 5.88 Å². The molecule has 0 bridgehead atoms. The summed E-state index contributed by atoms with van der Waals surface area (Å²) in [5, 5.41) is 1.71. The summed E-state index contributed by atoms with van der Waals surface area (Å²) in [6, 6.07) is 8.54. The standard InChI is InChI=1S/C29H22BrF7N2O4/c1-2-42-26(40)17-8-16(9-20(10-17)39-27(41)29(35,36)37)21-4-3-5-22(21)23-11-18(28(32,33)34)13-38-25(23)43-14-15-6-7-19(30)12-24(15)31/h6-13H,2-5,14H2,1H3,(H,39,41). The zero-order valence-corrected chi connectivity index (χ0v) is 23.8. The van der Waals surface area contributed by atoms with Crippen LogP contribution >= 0.6 is 15.9 Å². The van der Waals surface area contributed by atoms with Crippen molar-refractivity contribution in [2.75, 3.05) is 11.9 Å². The molecule has 4 rings (SSSR count). The van der Waals surface area contributed by atoms with Crippen molar-refractivity contribution in [3.05, 3.63) is 86.8 Å². The minimum Gasteiger partial charge on any atom is -0.472 e. The van der Waals surface area contributed by atoms with Gasteiger partial charge < -0.3 is 14.8 Å². The highest BCUT2D eigenvalue weighted by molar-refractivity contribution is 9.10. The maximum Gasteiger partial charge on any atom is 0.471 e. The quantitative estimate of drug-likeness (QED) is 0.192. The largest absolute Gasteiger partial charge is 0.472 e. The molecule has 0 aliphatic heterocycles. The molecule has 0 unspecified atom stereocenters. The molecule has 1 aliphatic carbocycles. The maximum absolute atomic E-state index is 14.4. The van der Waals surface area contributed by atoms with Gasteiger partial charge in [-0.05, 0) is 79.3 Å². The first kappa shape index (κ1) is 32.0. The average molecular weight is 675 g/mol. The number of carbonyl (C=O) groups is 2. The summed E-state index contributed by atoms with van der Waals surface area (Å²) >= 11 is 3.14. The Kier molecular flexibility index (Phi) is 9.47.